The Kier molecular flexibility index (Phi) is 6.09. The molecule has 0 unspecified atom stereocenters. The summed E-state index contributed by atoms with van der Waals surface area (Å²) in [6.45, 7) is 4.19. The summed E-state index contributed by atoms with van der Waals surface area (Å²) >= 11 is 0. The molecule has 4 aromatic carbocycles. The fourth-order valence-corrected chi connectivity index (χ4v) is 4.37. The van der Waals surface area contributed by atoms with Gasteiger partial charge in [0.1, 0.15) is 17.3 Å². The Bertz CT molecular complexity index is 1580. The second-order valence-electron chi connectivity index (χ2n) is 8.71. The number of rotatable bonds is 5. The van der Waals surface area contributed by atoms with E-state index in [0.717, 1.165) is 33.3 Å². The van der Waals surface area contributed by atoms with Gasteiger partial charge in [-0.15, -0.1) is 0 Å². The first-order valence-corrected chi connectivity index (χ1v) is 11.6. The molecular weight excluding hydrogens is 450 g/mol. The van der Waals surface area contributed by atoms with Crippen molar-refractivity contribution in [3.63, 3.8) is 0 Å². The molecule has 0 saturated heterocycles. The zero-order chi connectivity index (χ0) is 25.2. The van der Waals surface area contributed by atoms with Gasteiger partial charge in [-0.2, -0.15) is 0 Å². The van der Waals surface area contributed by atoms with Gasteiger partial charge >= 0.3 is 0 Å². The van der Waals surface area contributed by atoms with Crippen LogP contribution in [0.3, 0.4) is 0 Å². The SMILES string of the molecule is Cc1nc(-c2ccc(N(Cc3ccccc3)C(=O)c3ccc(O)cc3O)cc2C)c2ccccc2n1. The second kappa shape index (κ2) is 9.50. The lowest BCUT2D eigenvalue weighted by molar-refractivity contribution is 0.0982. The molecule has 0 aliphatic heterocycles. The molecule has 6 heteroatoms. The molecule has 5 rings (SSSR count). The number of amides is 1. The molecular formula is C30H25N3O3. The van der Waals surface area contributed by atoms with Gasteiger partial charge in [0.05, 0.1) is 23.3 Å². The number of phenolic OH excluding ortho intramolecular Hbond substituents is 2. The molecule has 0 aliphatic rings. The minimum Gasteiger partial charge on any atom is -0.508 e. The number of aromatic hydroxyl groups is 2. The van der Waals surface area contributed by atoms with Crippen molar-refractivity contribution in [2.75, 3.05) is 4.90 Å². The molecule has 178 valence electrons. The van der Waals surface area contributed by atoms with Gasteiger partial charge in [-0.25, -0.2) is 9.97 Å². The number of fused-ring (bicyclic) bond motifs is 1. The highest BCUT2D eigenvalue weighted by Crippen LogP contribution is 2.33. The maximum Gasteiger partial charge on any atom is 0.262 e. The average molecular weight is 476 g/mol. The summed E-state index contributed by atoms with van der Waals surface area (Å²) in [6, 6.07) is 27.4. The molecule has 2 N–H and O–H groups in total. The van der Waals surface area contributed by atoms with Crippen molar-refractivity contribution in [2.45, 2.75) is 20.4 Å². The summed E-state index contributed by atoms with van der Waals surface area (Å²) in [5.74, 6) is -0.0525. The van der Waals surface area contributed by atoms with E-state index >= 15 is 0 Å². The largest absolute Gasteiger partial charge is 0.508 e. The van der Waals surface area contributed by atoms with Crippen LogP contribution in [0.5, 0.6) is 11.5 Å². The van der Waals surface area contributed by atoms with Gasteiger partial charge in [0.15, 0.2) is 0 Å². The van der Waals surface area contributed by atoms with Gasteiger partial charge in [0, 0.05) is 22.7 Å². The van der Waals surface area contributed by atoms with Crippen LogP contribution < -0.4 is 4.90 Å². The minimum absolute atomic E-state index is 0.105. The van der Waals surface area contributed by atoms with Crippen LogP contribution in [0, 0.1) is 13.8 Å². The number of para-hydroxylation sites is 1. The van der Waals surface area contributed by atoms with E-state index in [-0.39, 0.29) is 23.0 Å². The van der Waals surface area contributed by atoms with Crippen molar-refractivity contribution in [1.29, 1.82) is 0 Å². The van der Waals surface area contributed by atoms with Crippen molar-refractivity contribution >= 4 is 22.5 Å². The fraction of sp³-hybridized carbons (Fsp3) is 0.100. The molecule has 0 fully saturated rings. The Hall–Kier alpha value is -4.71. The molecule has 0 atom stereocenters. The highest BCUT2D eigenvalue weighted by molar-refractivity contribution is 6.08. The van der Waals surface area contributed by atoms with E-state index in [4.69, 9.17) is 4.98 Å². The van der Waals surface area contributed by atoms with E-state index in [2.05, 4.69) is 4.98 Å². The number of phenols is 2. The molecule has 0 aliphatic carbocycles. The van der Waals surface area contributed by atoms with Gasteiger partial charge < -0.3 is 15.1 Å². The van der Waals surface area contributed by atoms with E-state index in [1.54, 1.807) is 4.90 Å². The zero-order valence-corrected chi connectivity index (χ0v) is 20.0. The normalized spacial score (nSPS) is 10.9. The van der Waals surface area contributed by atoms with Gasteiger partial charge in [-0.05, 0) is 55.3 Å². The maximum atomic E-state index is 13.6. The standard InChI is InChI=1S/C30H25N3O3/c1-19-16-22(12-14-24(19)29-25-10-6-7-11-27(25)31-20(2)32-29)33(18-21-8-4-3-5-9-21)30(36)26-15-13-23(34)17-28(26)35/h3-17,34-35H,18H2,1-2H3. The number of hydrogen-bond acceptors (Lipinski definition) is 5. The molecule has 0 radical (unpaired) electrons. The van der Waals surface area contributed by atoms with Crippen LogP contribution in [0.25, 0.3) is 22.2 Å². The number of nitrogens with zero attached hydrogens (tertiary/aromatic N) is 3. The van der Waals surface area contributed by atoms with Crippen LogP contribution in [0.1, 0.15) is 27.3 Å². The predicted octanol–water partition coefficient (Wildman–Crippen LogP) is 6.17. The number of hydrogen-bond donors (Lipinski definition) is 2. The molecule has 5 aromatic rings. The number of aromatic nitrogens is 2. The summed E-state index contributed by atoms with van der Waals surface area (Å²) < 4.78 is 0. The van der Waals surface area contributed by atoms with Crippen LogP contribution >= 0.6 is 0 Å². The molecule has 1 aromatic heterocycles. The van der Waals surface area contributed by atoms with Gasteiger partial charge in [0.25, 0.3) is 5.91 Å². The molecule has 36 heavy (non-hydrogen) atoms. The van der Waals surface area contributed by atoms with Crippen molar-refractivity contribution in [3.05, 3.63) is 114 Å². The van der Waals surface area contributed by atoms with E-state index in [1.165, 1.54) is 18.2 Å². The number of benzene rings is 4. The predicted molar refractivity (Wildman–Crippen MR) is 141 cm³/mol. The molecule has 1 amide bonds. The van der Waals surface area contributed by atoms with Crippen LogP contribution in [-0.2, 0) is 6.54 Å². The van der Waals surface area contributed by atoms with Crippen molar-refractivity contribution in [1.82, 2.24) is 9.97 Å². The third kappa shape index (κ3) is 4.49. The lowest BCUT2D eigenvalue weighted by Gasteiger charge is -2.25. The summed E-state index contributed by atoms with van der Waals surface area (Å²) in [4.78, 5) is 24.5. The van der Waals surface area contributed by atoms with Crippen LogP contribution in [0.4, 0.5) is 5.69 Å². The second-order valence-corrected chi connectivity index (χ2v) is 8.71. The molecule has 1 heterocycles. The van der Waals surface area contributed by atoms with Crippen LogP contribution in [-0.4, -0.2) is 26.1 Å². The highest BCUT2D eigenvalue weighted by atomic mass is 16.3. The smallest absolute Gasteiger partial charge is 0.262 e. The van der Waals surface area contributed by atoms with Gasteiger partial charge in [0.2, 0.25) is 0 Å². The van der Waals surface area contributed by atoms with E-state index in [1.807, 2.05) is 86.6 Å². The average Bonchev–Trinajstić information content (AvgIpc) is 2.87. The number of carbonyl (C=O) groups is 1. The maximum absolute atomic E-state index is 13.6. The van der Waals surface area contributed by atoms with E-state index < -0.39 is 0 Å². The Balaban J connectivity index is 1.60. The summed E-state index contributed by atoms with van der Waals surface area (Å²) in [6.07, 6.45) is 0. The highest BCUT2D eigenvalue weighted by Gasteiger charge is 2.22. The Morgan fingerprint density at radius 3 is 2.33 bits per heavy atom. The number of carbonyl (C=O) groups excluding carboxylic acids is 1. The third-order valence-corrected chi connectivity index (χ3v) is 6.13. The zero-order valence-electron chi connectivity index (χ0n) is 20.0. The van der Waals surface area contributed by atoms with Crippen LogP contribution in [0.15, 0.2) is 91.0 Å². The summed E-state index contributed by atoms with van der Waals surface area (Å²) in [5, 5.41) is 21.0. The molecule has 0 saturated carbocycles. The molecule has 6 nitrogen and oxygen atoms in total. The Morgan fingerprint density at radius 1 is 0.833 bits per heavy atom. The van der Waals surface area contributed by atoms with Gasteiger partial charge in [-0.3, -0.25) is 4.79 Å². The lowest BCUT2D eigenvalue weighted by atomic mass is 10.00. The fourth-order valence-electron chi connectivity index (χ4n) is 4.37. The number of anilines is 1. The topological polar surface area (TPSA) is 86.6 Å². The van der Waals surface area contributed by atoms with Crippen molar-refractivity contribution < 1.29 is 15.0 Å². The molecule has 0 bridgehead atoms. The first kappa shape index (κ1) is 23.1. The Labute approximate surface area is 209 Å². The van der Waals surface area contributed by atoms with Gasteiger partial charge in [-0.1, -0.05) is 54.6 Å². The third-order valence-electron chi connectivity index (χ3n) is 6.13. The summed E-state index contributed by atoms with van der Waals surface area (Å²) in [7, 11) is 0. The van der Waals surface area contributed by atoms with E-state index in [9.17, 15) is 15.0 Å². The lowest BCUT2D eigenvalue weighted by Crippen LogP contribution is -2.30. The minimum atomic E-state index is -0.369. The van der Waals surface area contributed by atoms with E-state index in [0.29, 0.717) is 18.1 Å². The summed E-state index contributed by atoms with van der Waals surface area (Å²) in [5.41, 5.74) is 5.39. The molecule has 0 spiro atoms. The Morgan fingerprint density at radius 2 is 1.58 bits per heavy atom. The first-order valence-electron chi connectivity index (χ1n) is 11.6. The number of aryl methyl sites for hydroxylation is 2. The monoisotopic (exact) mass is 475 g/mol. The van der Waals surface area contributed by atoms with Crippen molar-refractivity contribution in [2.24, 2.45) is 0 Å². The van der Waals surface area contributed by atoms with Crippen molar-refractivity contribution in [3.8, 4) is 22.8 Å². The quantitative estimate of drug-likeness (QED) is 0.317. The first-order chi connectivity index (χ1) is 17.4. The van der Waals surface area contributed by atoms with Crippen LogP contribution in [0.2, 0.25) is 0 Å².